The van der Waals surface area contributed by atoms with Crippen molar-refractivity contribution in [3.8, 4) is 11.3 Å². The topological polar surface area (TPSA) is 60.1 Å². The molecule has 102 valence electrons. The number of rotatable bonds is 2. The summed E-state index contributed by atoms with van der Waals surface area (Å²) in [5.74, 6) is -1.04. The Bertz CT molecular complexity index is 832. The van der Waals surface area contributed by atoms with Crippen molar-refractivity contribution in [2.45, 2.75) is 0 Å². The fourth-order valence-electron chi connectivity index (χ4n) is 2.32. The van der Waals surface area contributed by atoms with Gasteiger partial charge in [-0.3, -0.25) is 4.68 Å². The van der Waals surface area contributed by atoms with Gasteiger partial charge in [-0.25, -0.2) is 4.79 Å². The van der Waals surface area contributed by atoms with Gasteiger partial charge in [0.05, 0.1) is 10.7 Å². The molecule has 0 amide bonds. The normalized spacial score (nSPS) is 11.2. The number of hydrogen-bond acceptors (Lipinski definition) is 2. The van der Waals surface area contributed by atoms with Crippen LogP contribution in [-0.4, -0.2) is 25.4 Å². The first-order valence-electron chi connectivity index (χ1n) is 5.99. The molecule has 0 radical (unpaired) electrons. The lowest BCUT2D eigenvalue weighted by Gasteiger charge is -2.05. The van der Waals surface area contributed by atoms with Crippen molar-refractivity contribution in [2.24, 2.45) is 14.1 Å². The Balaban J connectivity index is 2.24. The number of carboxylic acids is 1. The van der Waals surface area contributed by atoms with Gasteiger partial charge in [-0.05, 0) is 24.3 Å². The van der Waals surface area contributed by atoms with Crippen molar-refractivity contribution in [1.29, 1.82) is 0 Å². The maximum atomic E-state index is 11.0. The molecule has 2 heterocycles. The maximum absolute atomic E-state index is 11.0. The number of nitrogens with zero attached hydrogens (tertiary/aromatic N) is 3. The summed E-state index contributed by atoms with van der Waals surface area (Å²) in [4.78, 5) is 11.0. The molecule has 1 N–H and O–H groups in total. The number of aromatic carboxylic acids is 1. The molecule has 1 aromatic carbocycles. The van der Waals surface area contributed by atoms with E-state index >= 15 is 0 Å². The van der Waals surface area contributed by atoms with Gasteiger partial charge in [0.2, 0.25) is 0 Å². The van der Waals surface area contributed by atoms with Crippen LogP contribution in [0.25, 0.3) is 22.2 Å². The summed E-state index contributed by atoms with van der Waals surface area (Å²) in [5.41, 5.74) is 2.57. The molecule has 0 bridgehead atoms. The first-order valence-corrected chi connectivity index (χ1v) is 6.37. The standard InChI is InChI=1S/C14H12ClN3O2/c1-17-4-3-9-10(15)5-8(6-13(9)17)12-7-11(14(19)20)16-18(12)2/h3-7H,1-2H3,(H,19,20). The molecular weight excluding hydrogens is 278 g/mol. The van der Waals surface area contributed by atoms with Crippen LogP contribution in [0.15, 0.2) is 30.5 Å². The summed E-state index contributed by atoms with van der Waals surface area (Å²) in [6.45, 7) is 0. The summed E-state index contributed by atoms with van der Waals surface area (Å²) in [7, 11) is 3.65. The van der Waals surface area contributed by atoms with E-state index in [0.717, 1.165) is 16.5 Å². The van der Waals surface area contributed by atoms with E-state index < -0.39 is 5.97 Å². The van der Waals surface area contributed by atoms with Crippen molar-refractivity contribution in [2.75, 3.05) is 0 Å². The fourth-order valence-corrected chi connectivity index (χ4v) is 2.59. The molecule has 3 aromatic rings. The van der Waals surface area contributed by atoms with Crippen LogP contribution in [0, 0.1) is 0 Å². The van der Waals surface area contributed by atoms with Crippen molar-refractivity contribution >= 4 is 28.5 Å². The smallest absolute Gasteiger partial charge is 0.356 e. The lowest BCUT2D eigenvalue weighted by Crippen LogP contribution is -1.99. The number of hydrogen-bond donors (Lipinski definition) is 1. The zero-order valence-corrected chi connectivity index (χ0v) is 11.7. The number of halogens is 1. The van der Waals surface area contributed by atoms with E-state index in [2.05, 4.69) is 5.10 Å². The zero-order valence-electron chi connectivity index (χ0n) is 11.0. The molecule has 0 aliphatic carbocycles. The van der Waals surface area contributed by atoms with E-state index in [1.165, 1.54) is 0 Å². The predicted octanol–water partition coefficient (Wildman–Crippen LogP) is 2.93. The second-order valence-electron chi connectivity index (χ2n) is 4.66. The van der Waals surface area contributed by atoms with Crippen LogP contribution < -0.4 is 0 Å². The summed E-state index contributed by atoms with van der Waals surface area (Å²) in [5, 5.41) is 14.6. The Kier molecular flexibility index (Phi) is 2.79. The van der Waals surface area contributed by atoms with Crippen LogP contribution >= 0.6 is 11.6 Å². The van der Waals surface area contributed by atoms with Gasteiger partial charge in [-0.2, -0.15) is 5.10 Å². The second kappa shape index (κ2) is 4.38. The molecule has 6 heteroatoms. The number of aryl methyl sites for hydroxylation is 2. The molecule has 20 heavy (non-hydrogen) atoms. The van der Waals surface area contributed by atoms with Gasteiger partial charge >= 0.3 is 5.97 Å². The molecule has 0 saturated carbocycles. The maximum Gasteiger partial charge on any atom is 0.356 e. The number of aromatic nitrogens is 3. The van der Waals surface area contributed by atoms with Crippen LogP contribution in [-0.2, 0) is 14.1 Å². The monoisotopic (exact) mass is 289 g/mol. The van der Waals surface area contributed by atoms with E-state index in [4.69, 9.17) is 16.7 Å². The fraction of sp³-hybridized carbons (Fsp3) is 0.143. The highest BCUT2D eigenvalue weighted by atomic mass is 35.5. The summed E-state index contributed by atoms with van der Waals surface area (Å²) >= 11 is 6.29. The molecule has 0 aliphatic rings. The summed E-state index contributed by atoms with van der Waals surface area (Å²) < 4.78 is 3.52. The average Bonchev–Trinajstić information content (AvgIpc) is 2.94. The third-order valence-corrected chi connectivity index (χ3v) is 3.66. The molecule has 0 saturated heterocycles. The number of benzene rings is 1. The minimum absolute atomic E-state index is 0.0191. The van der Waals surface area contributed by atoms with E-state index in [9.17, 15) is 4.79 Å². The van der Waals surface area contributed by atoms with E-state index in [1.807, 2.05) is 36.0 Å². The molecule has 0 aliphatic heterocycles. The highest BCUT2D eigenvalue weighted by Gasteiger charge is 2.14. The van der Waals surface area contributed by atoms with Gasteiger partial charge in [-0.15, -0.1) is 0 Å². The number of carboxylic acid groups (broad SMARTS) is 1. The third-order valence-electron chi connectivity index (χ3n) is 3.35. The van der Waals surface area contributed by atoms with Gasteiger partial charge < -0.3 is 9.67 Å². The number of fused-ring (bicyclic) bond motifs is 1. The Morgan fingerprint density at radius 2 is 2.05 bits per heavy atom. The first-order chi connectivity index (χ1) is 9.47. The first kappa shape index (κ1) is 12.7. The second-order valence-corrected chi connectivity index (χ2v) is 5.07. The Labute approximate surface area is 120 Å². The molecule has 0 fully saturated rings. The Morgan fingerprint density at radius 3 is 2.70 bits per heavy atom. The zero-order chi connectivity index (χ0) is 14.4. The molecule has 3 rings (SSSR count). The summed E-state index contributed by atoms with van der Waals surface area (Å²) in [6.07, 6.45) is 1.94. The van der Waals surface area contributed by atoms with Crippen LogP contribution in [0.2, 0.25) is 5.02 Å². The largest absolute Gasteiger partial charge is 0.476 e. The third kappa shape index (κ3) is 1.87. The van der Waals surface area contributed by atoms with Gasteiger partial charge in [0, 0.05) is 36.8 Å². The lowest BCUT2D eigenvalue weighted by atomic mass is 10.1. The van der Waals surface area contributed by atoms with Crippen LogP contribution in [0.3, 0.4) is 0 Å². The minimum Gasteiger partial charge on any atom is -0.476 e. The van der Waals surface area contributed by atoms with E-state index in [1.54, 1.807) is 17.8 Å². The van der Waals surface area contributed by atoms with Gasteiger partial charge in [0.1, 0.15) is 0 Å². The van der Waals surface area contributed by atoms with Gasteiger partial charge in [-0.1, -0.05) is 11.6 Å². The van der Waals surface area contributed by atoms with E-state index in [0.29, 0.717) is 10.7 Å². The number of carbonyl (C=O) groups is 1. The SMILES string of the molecule is Cn1nc(C(=O)O)cc1-c1cc(Cl)c2ccn(C)c2c1. The van der Waals surface area contributed by atoms with E-state index in [-0.39, 0.29) is 5.69 Å². The average molecular weight is 290 g/mol. The Morgan fingerprint density at radius 1 is 1.30 bits per heavy atom. The summed E-state index contributed by atoms with van der Waals surface area (Å²) in [6, 6.07) is 7.30. The molecule has 0 spiro atoms. The quantitative estimate of drug-likeness (QED) is 0.789. The van der Waals surface area contributed by atoms with Crippen LogP contribution in [0.4, 0.5) is 0 Å². The van der Waals surface area contributed by atoms with Gasteiger partial charge in [0.25, 0.3) is 0 Å². The molecule has 5 nitrogen and oxygen atoms in total. The molecule has 2 aromatic heterocycles. The van der Waals surface area contributed by atoms with Crippen molar-refractivity contribution in [3.63, 3.8) is 0 Å². The highest BCUT2D eigenvalue weighted by Crippen LogP contribution is 2.31. The lowest BCUT2D eigenvalue weighted by molar-refractivity contribution is 0.0689. The molecule has 0 unspecified atom stereocenters. The van der Waals surface area contributed by atoms with Gasteiger partial charge in [0.15, 0.2) is 5.69 Å². The van der Waals surface area contributed by atoms with Crippen LogP contribution in [0.1, 0.15) is 10.5 Å². The Hall–Kier alpha value is -2.27. The predicted molar refractivity (Wildman–Crippen MR) is 77.1 cm³/mol. The molecular formula is C14H12ClN3O2. The highest BCUT2D eigenvalue weighted by molar-refractivity contribution is 6.35. The van der Waals surface area contributed by atoms with Crippen molar-refractivity contribution in [1.82, 2.24) is 14.3 Å². The van der Waals surface area contributed by atoms with Crippen LogP contribution in [0.5, 0.6) is 0 Å². The van der Waals surface area contributed by atoms with Crippen molar-refractivity contribution < 1.29 is 9.90 Å². The molecule has 0 atom stereocenters. The van der Waals surface area contributed by atoms with Crippen molar-refractivity contribution in [3.05, 3.63) is 41.2 Å². The minimum atomic E-state index is -1.04.